The van der Waals surface area contributed by atoms with Crippen LogP contribution in [0.3, 0.4) is 0 Å². The van der Waals surface area contributed by atoms with E-state index in [9.17, 15) is 5.11 Å². The second kappa shape index (κ2) is 11.1. The van der Waals surface area contributed by atoms with E-state index in [1.54, 1.807) is 0 Å². The third kappa shape index (κ3) is 6.06. The van der Waals surface area contributed by atoms with Gasteiger partial charge in [0.2, 0.25) is 0 Å². The van der Waals surface area contributed by atoms with Crippen LogP contribution in [0.25, 0.3) is 0 Å². The van der Waals surface area contributed by atoms with Gasteiger partial charge in [0.15, 0.2) is 0 Å². The third-order valence-corrected chi connectivity index (χ3v) is 3.72. The first-order chi connectivity index (χ1) is 10.8. The topological polar surface area (TPSA) is 62.1 Å². The molecule has 0 unspecified atom stereocenters. The maximum atomic E-state index is 9.24. The molecule has 1 aromatic carbocycles. The van der Waals surface area contributed by atoms with Crippen LogP contribution >= 0.6 is 0 Å². The highest BCUT2D eigenvalue weighted by molar-refractivity contribution is 6.01. The number of hydrogen-bond donors (Lipinski definition) is 2. The van der Waals surface area contributed by atoms with Crippen molar-refractivity contribution in [3.8, 4) is 5.75 Å². The van der Waals surface area contributed by atoms with Gasteiger partial charge in [-0.1, -0.05) is 44.7 Å². The summed E-state index contributed by atoms with van der Waals surface area (Å²) in [7, 11) is 0. The minimum Gasteiger partial charge on any atom is -0.493 e. The molecule has 1 aromatic rings. The van der Waals surface area contributed by atoms with Gasteiger partial charge in [0.05, 0.1) is 13.2 Å². The van der Waals surface area contributed by atoms with Gasteiger partial charge in [-0.3, -0.25) is 0 Å². The van der Waals surface area contributed by atoms with Crippen LogP contribution in [0.5, 0.6) is 5.75 Å². The number of aryl methyl sites for hydroxylation is 1. The number of rotatable bonds is 11. The van der Waals surface area contributed by atoms with Crippen molar-refractivity contribution in [3.05, 3.63) is 29.3 Å². The molecule has 0 atom stereocenters. The highest BCUT2D eigenvalue weighted by Crippen LogP contribution is 2.23. The maximum Gasteiger partial charge on any atom is 0.122 e. The molecule has 2 N–H and O–H groups in total. The van der Waals surface area contributed by atoms with Gasteiger partial charge in [-0.15, -0.1) is 0 Å². The largest absolute Gasteiger partial charge is 0.493 e. The van der Waals surface area contributed by atoms with Crippen molar-refractivity contribution in [1.29, 1.82) is 0 Å². The number of oxime groups is 1. The number of aliphatic hydroxyl groups is 1. The quantitative estimate of drug-likeness (QED) is 0.279. The molecular weight excluding hydrogens is 278 g/mol. The number of unbranched alkanes of at least 4 members (excludes halogenated alkanes) is 4. The Balaban J connectivity index is 2.84. The normalized spacial score (nSPS) is 11.7. The Morgan fingerprint density at radius 3 is 2.50 bits per heavy atom. The number of ether oxygens (including phenoxy) is 1. The lowest BCUT2D eigenvalue weighted by Gasteiger charge is -2.13. The molecule has 1 rings (SSSR count). The maximum absolute atomic E-state index is 9.24. The van der Waals surface area contributed by atoms with Crippen LogP contribution in [0.1, 0.15) is 63.5 Å². The summed E-state index contributed by atoms with van der Waals surface area (Å²) >= 11 is 0. The van der Waals surface area contributed by atoms with Crippen LogP contribution in [-0.4, -0.2) is 29.2 Å². The zero-order valence-electron chi connectivity index (χ0n) is 13.8. The highest BCUT2D eigenvalue weighted by Gasteiger charge is 2.09. The average molecular weight is 307 g/mol. The molecule has 0 saturated carbocycles. The van der Waals surface area contributed by atoms with Gasteiger partial charge in [0, 0.05) is 5.56 Å². The van der Waals surface area contributed by atoms with Crippen molar-refractivity contribution >= 4 is 5.71 Å². The van der Waals surface area contributed by atoms with Crippen LogP contribution in [0.4, 0.5) is 0 Å². The van der Waals surface area contributed by atoms with Crippen molar-refractivity contribution in [3.63, 3.8) is 0 Å². The van der Waals surface area contributed by atoms with E-state index in [4.69, 9.17) is 9.94 Å². The first-order valence-electron chi connectivity index (χ1n) is 8.34. The molecule has 0 heterocycles. The van der Waals surface area contributed by atoms with Crippen LogP contribution in [0.2, 0.25) is 0 Å². The predicted molar refractivity (Wildman–Crippen MR) is 90.1 cm³/mol. The van der Waals surface area contributed by atoms with Crippen molar-refractivity contribution in [2.24, 2.45) is 5.16 Å². The predicted octanol–water partition coefficient (Wildman–Crippen LogP) is 4.16. The van der Waals surface area contributed by atoms with Crippen molar-refractivity contribution in [2.45, 2.75) is 58.8 Å². The molecule has 0 spiro atoms. The molecule has 0 saturated heterocycles. The molecule has 124 valence electrons. The van der Waals surface area contributed by atoms with Crippen molar-refractivity contribution in [2.75, 3.05) is 13.2 Å². The van der Waals surface area contributed by atoms with E-state index in [0.29, 0.717) is 0 Å². The molecule has 0 aliphatic carbocycles. The zero-order valence-corrected chi connectivity index (χ0v) is 13.8. The van der Waals surface area contributed by atoms with Crippen LogP contribution in [0.15, 0.2) is 23.4 Å². The molecule has 0 radical (unpaired) electrons. The highest BCUT2D eigenvalue weighted by atomic mass is 16.5. The van der Waals surface area contributed by atoms with E-state index in [1.165, 1.54) is 19.3 Å². The monoisotopic (exact) mass is 307 g/mol. The van der Waals surface area contributed by atoms with E-state index < -0.39 is 0 Å². The second-order valence-corrected chi connectivity index (χ2v) is 5.54. The molecule has 0 amide bonds. The Kier molecular flexibility index (Phi) is 9.31. The van der Waals surface area contributed by atoms with Crippen LogP contribution in [-0.2, 0) is 6.42 Å². The van der Waals surface area contributed by atoms with Gasteiger partial charge < -0.3 is 15.1 Å². The molecule has 0 aromatic heterocycles. The summed E-state index contributed by atoms with van der Waals surface area (Å²) < 4.78 is 5.87. The Hall–Kier alpha value is -1.55. The minimum atomic E-state index is -0.276. The van der Waals surface area contributed by atoms with Crippen LogP contribution < -0.4 is 4.74 Å². The minimum absolute atomic E-state index is 0.276. The van der Waals surface area contributed by atoms with E-state index in [1.807, 2.05) is 18.2 Å². The summed E-state index contributed by atoms with van der Waals surface area (Å²) in [6.45, 7) is 4.79. The van der Waals surface area contributed by atoms with E-state index >= 15 is 0 Å². The van der Waals surface area contributed by atoms with Crippen molar-refractivity contribution in [1.82, 2.24) is 0 Å². The molecular formula is C18H29NO3. The van der Waals surface area contributed by atoms with Gasteiger partial charge in [-0.25, -0.2) is 0 Å². The number of benzene rings is 1. The van der Waals surface area contributed by atoms with Gasteiger partial charge in [-0.05, 0) is 43.0 Å². The van der Waals surface area contributed by atoms with Gasteiger partial charge in [-0.2, -0.15) is 0 Å². The third-order valence-electron chi connectivity index (χ3n) is 3.72. The smallest absolute Gasteiger partial charge is 0.122 e. The Morgan fingerprint density at radius 2 is 1.86 bits per heavy atom. The SMILES string of the molecule is CCCCCCc1cc(C(CO)=NO)ccc1OCCCC. The van der Waals surface area contributed by atoms with E-state index in [2.05, 4.69) is 19.0 Å². The first-order valence-corrected chi connectivity index (χ1v) is 8.34. The number of hydrogen-bond acceptors (Lipinski definition) is 4. The fourth-order valence-corrected chi connectivity index (χ4v) is 2.34. The molecule has 0 aliphatic rings. The molecule has 4 nitrogen and oxygen atoms in total. The van der Waals surface area contributed by atoms with Gasteiger partial charge in [0.25, 0.3) is 0 Å². The summed E-state index contributed by atoms with van der Waals surface area (Å²) in [5.74, 6) is 0.906. The molecule has 22 heavy (non-hydrogen) atoms. The summed E-state index contributed by atoms with van der Waals surface area (Å²) in [5.41, 5.74) is 2.16. The van der Waals surface area contributed by atoms with Crippen molar-refractivity contribution < 1.29 is 15.1 Å². The molecule has 0 bridgehead atoms. The van der Waals surface area contributed by atoms with E-state index in [0.717, 1.165) is 49.2 Å². The van der Waals surface area contributed by atoms with E-state index in [-0.39, 0.29) is 12.3 Å². The lowest BCUT2D eigenvalue weighted by atomic mass is 10.0. The molecule has 0 fully saturated rings. The Labute approximate surface area is 133 Å². The second-order valence-electron chi connectivity index (χ2n) is 5.54. The summed E-state index contributed by atoms with van der Waals surface area (Å²) in [6.07, 6.45) is 7.87. The fourth-order valence-electron chi connectivity index (χ4n) is 2.34. The Bertz CT molecular complexity index is 458. The van der Waals surface area contributed by atoms with Gasteiger partial charge >= 0.3 is 0 Å². The summed E-state index contributed by atoms with van der Waals surface area (Å²) in [4.78, 5) is 0. The first kappa shape index (κ1) is 18.5. The summed E-state index contributed by atoms with van der Waals surface area (Å²) in [5, 5.41) is 21.4. The lowest BCUT2D eigenvalue weighted by Crippen LogP contribution is -2.08. The summed E-state index contributed by atoms with van der Waals surface area (Å²) in [6, 6.07) is 5.72. The molecule has 4 heteroatoms. The number of aliphatic hydroxyl groups excluding tert-OH is 1. The average Bonchev–Trinajstić information content (AvgIpc) is 2.54. The number of nitrogens with zero attached hydrogens (tertiary/aromatic N) is 1. The lowest BCUT2D eigenvalue weighted by molar-refractivity contribution is 0.303. The molecule has 0 aliphatic heterocycles. The standard InChI is InChI=1S/C18H29NO3/c1-3-5-7-8-9-16-13-15(17(14-20)19-21)10-11-18(16)22-12-6-4-2/h10-11,13,20-21H,3-9,12,14H2,1-2H3. The van der Waals surface area contributed by atoms with Gasteiger partial charge in [0.1, 0.15) is 11.5 Å². The van der Waals surface area contributed by atoms with Crippen LogP contribution in [0, 0.1) is 0 Å². The zero-order chi connectivity index (χ0) is 16.2. The Morgan fingerprint density at radius 1 is 1.09 bits per heavy atom. The fraction of sp³-hybridized carbons (Fsp3) is 0.611.